The first-order valence-electron chi connectivity index (χ1n) is 4.30. The number of halogens is 1. The van der Waals surface area contributed by atoms with Crippen LogP contribution in [0.3, 0.4) is 0 Å². The van der Waals surface area contributed by atoms with E-state index in [0.29, 0.717) is 21.9 Å². The third kappa shape index (κ3) is 1.23. The molecule has 0 saturated carbocycles. The van der Waals surface area contributed by atoms with E-state index in [1.54, 1.807) is 13.0 Å². The molecule has 2 rings (SSSR count). The van der Waals surface area contributed by atoms with Gasteiger partial charge in [-0.2, -0.15) is 0 Å². The molecule has 0 fully saturated rings. The zero-order chi connectivity index (χ0) is 10.3. The van der Waals surface area contributed by atoms with Crippen molar-refractivity contribution in [1.29, 1.82) is 0 Å². The Kier molecular flexibility index (Phi) is 2.08. The third-order valence-corrected chi connectivity index (χ3v) is 2.49. The minimum absolute atomic E-state index is 0.00326. The van der Waals surface area contributed by atoms with Gasteiger partial charge in [0.05, 0.1) is 10.6 Å². The summed E-state index contributed by atoms with van der Waals surface area (Å²) in [5.74, 6) is 0.629. The van der Waals surface area contributed by atoms with E-state index >= 15 is 0 Å². The number of Topliss-reactive ketones (excluding diaryl/α,β-unsaturated/α-hetero) is 1. The van der Waals surface area contributed by atoms with E-state index in [9.17, 15) is 4.79 Å². The number of fused-ring (bicyclic) bond motifs is 1. The number of para-hydroxylation sites is 1. The first-order valence-corrected chi connectivity index (χ1v) is 4.67. The molecule has 1 aromatic heterocycles. The monoisotopic (exact) mass is 208 g/mol. The first kappa shape index (κ1) is 9.28. The van der Waals surface area contributed by atoms with Gasteiger partial charge in [-0.1, -0.05) is 23.7 Å². The molecule has 0 spiro atoms. The summed E-state index contributed by atoms with van der Waals surface area (Å²) in [5.41, 5.74) is 1.22. The van der Waals surface area contributed by atoms with Crippen molar-refractivity contribution in [2.24, 2.45) is 0 Å². The van der Waals surface area contributed by atoms with Gasteiger partial charge in [0.25, 0.3) is 0 Å². The normalized spacial score (nSPS) is 10.8. The maximum absolute atomic E-state index is 11.3. The van der Waals surface area contributed by atoms with Gasteiger partial charge in [-0.05, 0) is 19.9 Å². The lowest BCUT2D eigenvalue weighted by atomic mass is 10.1. The van der Waals surface area contributed by atoms with Gasteiger partial charge >= 0.3 is 0 Å². The Balaban J connectivity index is 2.90. The second-order valence-electron chi connectivity index (χ2n) is 3.21. The van der Waals surface area contributed by atoms with Crippen LogP contribution in [0.15, 0.2) is 22.6 Å². The number of carbonyl (C=O) groups is 1. The average Bonchev–Trinajstić information content (AvgIpc) is 2.42. The summed E-state index contributed by atoms with van der Waals surface area (Å²) in [6, 6.07) is 5.40. The van der Waals surface area contributed by atoms with Crippen LogP contribution in [0.25, 0.3) is 11.0 Å². The number of benzene rings is 1. The molecule has 1 heterocycles. The van der Waals surface area contributed by atoms with Crippen molar-refractivity contribution in [3.05, 3.63) is 34.5 Å². The third-order valence-electron chi connectivity index (χ3n) is 2.20. The molecule has 0 aliphatic rings. The number of ketones is 1. The molecule has 0 unspecified atom stereocenters. The van der Waals surface area contributed by atoms with Crippen molar-refractivity contribution in [1.82, 2.24) is 0 Å². The Bertz CT molecular complexity index is 511. The van der Waals surface area contributed by atoms with Gasteiger partial charge in [0.15, 0.2) is 11.4 Å². The van der Waals surface area contributed by atoms with Gasteiger partial charge in [0.2, 0.25) is 0 Å². The van der Waals surface area contributed by atoms with Crippen LogP contribution in [0.2, 0.25) is 5.02 Å². The fraction of sp³-hybridized carbons (Fsp3) is 0.182. The lowest BCUT2D eigenvalue weighted by molar-refractivity contribution is 0.101. The van der Waals surface area contributed by atoms with Crippen molar-refractivity contribution in [3.63, 3.8) is 0 Å². The number of rotatable bonds is 1. The molecule has 2 aromatic rings. The molecule has 72 valence electrons. The molecule has 0 aliphatic heterocycles. The summed E-state index contributed by atoms with van der Waals surface area (Å²) in [4.78, 5) is 11.3. The van der Waals surface area contributed by atoms with E-state index in [0.717, 1.165) is 5.39 Å². The van der Waals surface area contributed by atoms with Gasteiger partial charge in [0.1, 0.15) is 5.76 Å². The molecule has 0 aliphatic carbocycles. The Labute approximate surface area is 86.5 Å². The van der Waals surface area contributed by atoms with Crippen molar-refractivity contribution in [2.45, 2.75) is 13.8 Å². The Morgan fingerprint density at radius 3 is 2.79 bits per heavy atom. The standard InChI is InChI=1S/C11H9ClO2/c1-6(13)10-7(2)14-11-8(10)4-3-5-9(11)12/h3-5H,1-2H3. The van der Waals surface area contributed by atoms with Crippen LogP contribution < -0.4 is 0 Å². The van der Waals surface area contributed by atoms with E-state index in [1.165, 1.54) is 6.92 Å². The van der Waals surface area contributed by atoms with Gasteiger partial charge in [0, 0.05) is 5.39 Å². The molecular formula is C11H9ClO2. The average molecular weight is 209 g/mol. The smallest absolute Gasteiger partial charge is 0.163 e. The number of hydrogen-bond acceptors (Lipinski definition) is 2. The molecule has 0 atom stereocenters. The molecule has 0 saturated heterocycles. The molecule has 14 heavy (non-hydrogen) atoms. The highest BCUT2D eigenvalue weighted by molar-refractivity contribution is 6.35. The molecule has 0 radical (unpaired) electrons. The fourth-order valence-electron chi connectivity index (χ4n) is 1.64. The minimum atomic E-state index is 0.00326. The number of hydrogen-bond donors (Lipinski definition) is 0. The zero-order valence-corrected chi connectivity index (χ0v) is 8.68. The van der Waals surface area contributed by atoms with Crippen LogP contribution in [0, 0.1) is 6.92 Å². The van der Waals surface area contributed by atoms with Crippen LogP contribution >= 0.6 is 11.6 Å². The van der Waals surface area contributed by atoms with E-state index in [4.69, 9.17) is 16.0 Å². The lowest BCUT2D eigenvalue weighted by Gasteiger charge is -1.92. The molecule has 0 N–H and O–H groups in total. The van der Waals surface area contributed by atoms with E-state index < -0.39 is 0 Å². The zero-order valence-electron chi connectivity index (χ0n) is 7.93. The number of furan rings is 1. The molecular weight excluding hydrogens is 200 g/mol. The summed E-state index contributed by atoms with van der Waals surface area (Å²) < 4.78 is 5.44. The van der Waals surface area contributed by atoms with Crippen molar-refractivity contribution in [3.8, 4) is 0 Å². The number of carbonyl (C=O) groups excluding carboxylic acids is 1. The van der Waals surface area contributed by atoms with E-state index in [-0.39, 0.29) is 5.78 Å². The highest BCUT2D eigenvalue weighted by Gasteiger charge is 2.15. The lowest BCUT2D eigenvalue weighted by Crippen LogP contribution is -1.91. The second kappa shape index (κ2) is 3.14. The topological polar surface area (TPSA) is 30.2 Å². The summed E-state index contributed by atoms with van der Waals surface area (Å²) >= 11 is 5.94. The van der Waals surface area contributed by atoms with Gasteiger partial charge in [-0.3, -0.25) is 4.79 Å². The summed E-state index contributed by atoms with van der Waals surface area (Å²) in [5, 5.41) is 1.33. The first-order chi connectivity index (χ1) is 6.61. The van der Waals surface area contributed by atoms with Crippen molar-refractivity contribution in [2.75, 3.05) is 0 Å². The van der Waals surface area contributed by atoms with E-state index in [1.807, 2.05) is 12.1 Å². The molecule has 0 amide bonds. The van der Waals surface area contributed by atoms with Gasteiger partial charge in [-0.15, -0.1) is 0 Å². The SMILES string of the molecule is CC(=O)c1c(C)oc2c(Cl)cccc12. The van der Waals surface area contributed by atoms with Crippen LogP contribution in [0.4, 0.5) is 0 Å². The summed E-state index contributed by atoms with van der Waals surface area (Å²) in [6.07, 6.45) is 0. The van der Waals surface area contributed by atoms with Gasteiger partial charge < -0.3 is 4.42 Å². The Hall–Kier alpha value is -1.28. The maximum atomic E-state index is 11.3. The van der Waals surface area contributed by atoms with Crippen molar-refractivity contribution >= 4 is 28.4 Å². The largest absolute Gasteiger partial charge is 0.459 e. The number of aryl methyl sites for hydroxylation is 1. The highest BCUT2D eigenvalue weighted by Crippen LogP contribution is 2.30. The van der Waals surface area contributed by atoms with Gasteiger partial charge in [-0.25, -0.2) is 0 Å². The van der Waals surface area contributed by atoms with Crippen LogP contribution in [0.5, 0.6) is 0 Å². The highest BCUT2D eigenvalue weighted by atomic mass is 35.5. The quantitative estimate of drug-likeness (QED) is 0.671. The molecule has 2 nitrogen and oxygen atoms in total. The van der Waals surface area contributed by atoms with Crippen LogP contribution in [-0.2, 0) is 0 Å². The van der Waals surface area contributed by atoms with Crippen molar-refractivity contribution < 1.29 is 9.21 Å². The second-order valence-corrected chi connectivity index (χ2v) is 3.61. The minimum Gasteiger partial charge on any atom is -0.459 e. The van der Waals surface area contributed by atoms with Crippen LogP contribution in [-0.4, -0.2) is 5.78 Å². The fourth-order valence-corrected chi connectivity index (χ4v) is 1.85. The van der Waals surface area contributed by atoms with Crippen LogP contribution in [0.1, 0.15) is 23.0 Å². The summed E-state index contributed by atoms with van der Waals surface area (Å²) in [6.45, 7) is 3.30. The predicted octanol–water partition coefficient (Wildman–Crippen LogP) is 3.60. The molecule has 1 aromatic carbocycles. The predicted molar refractivity (Wildman–Crippen MR) is 56.0 cm³/mol. The Morgan fingerprint density at radius 2 is 2.14 bits per heavy atom. The Morgan fingerprint density at radius 1 is 1.43 bits per heavy atom. The molecule has 3 heteroatoms. The molecule has 0 bridgehead atoms. The summed E-state index contributed by atoms with van der Waals surface area (Å²) in [7, 11) is 0. The van der Waals surface area contributed by atoms with E-state index in [2.05, 4.69) is 0 Å². The maximum Gasteiger partial charge on any atom is 0.163 e.